The van der Waals surface area contributed by atoms with Crippen molar-refractivity contribution in [1.29, 1.82) is 0 Å². The Bertz CT molecular complexity index is 1350. The molecular formula is C31H42N3O6+. The van der Waals surface area contributed by atoms with Crippen molar-refractivity contribution in [3.8, 4) is 5.69 Å². The van der Waals surface area contributed by atoms with Crippen LogP contribution in [0.2, 0.25) is 0 Å². The van der Waals surface area contributed by atoms with Crippen LogP contribution in [-0.2, 0) is 31.9 Å². The van der Waals surface area contributed by atoms with E-state index >= 15 is 0 Å². The predicted molar refractivity (Wildman–Crippen MR) is 150 cm³/mol. The Labute approximate surface area is 236 Å². The average Bonchev–Trinajstić information content (AvgIpc) is 3.40. The first-order valence-corrected chi connectivity index (χ1v) is 13.9. The molecule has 1 heterocycles. The summed E-state index contributed by atoms with van der Waals surface area (Å²) < 4.78 is 13.7. The molecule has 2 aliphatic rings. The number of quaternary nitrogens is 1. The lowest BCUT2D eigenvalue weighted by molar-refractivity contribution is -0.873. The third-order valence-electron chi connectivity index (χ3n) is 7.59. The molecular weight excluding hydrogens is 510 g/mol. The summed E-state index contributed by atoms with van der Waals surface area (Å²) in [5, 5.41) is 0. The molecule has 1 saturated carbocycles. The average molecular weight is 553 g/mol. The molecule has 0 radical (unpaired) electrons. The lowest BCUT2D eigenvalue weighted by Gasteiger charge is -2.30. The van der Waals surface area contributed by atoms with Gasteiger partial charge >= 0.3 is 11.9 Å². The smallest absolute Gasteiger partial charge is 0.310 e. The maximum absolute atomic E-state index is 12.9. The summed E-state index contributed by atoms with van der Waals surface area (Å²) in [6, 6.07) is 5.56. The number of fused-ring (bicyclic) bond motifs is 1. The number of likely N-dealkylation sites (N-methyl/N-ethyl adjacent to an activating group) is 1. The van der Waals surface area contributed by atoms with Gasteiger partial charge in [-0.1, -0.05) is 13.8 Å². The molecule has 2 aromatic rings. The first-order chi connectivity index (χ1) is 18.5. The van der Waals surface area contributed by atoms with Crippen molar-refractivity contribution < 1.29 is 33.1 Å². The van der Waals surface area contributed by atoms with Gasteiger partial charge in [-0.3, -0.25) is 19.2 Å². The van der Waals surface area contributed by atoms with Crippen molar-refractivity contribution in [3.05, 3.63) is 52.3 Å². The summed E-state index contributed by atoms with van der Waals surface area (Å²) in [7, 11) is 5.90. The number of aromatic nitrogens is 1. The molecule has 9 heteroatoms. The molecule has 0 aliphatic heterocycles. The van der Waals surface area contributed by atoms with Crippen LogP contribution in [0.1, 0.15) is 77.6 Å². The van der Waals surface area contributed by atoms with E-state index in [9.17, 15) is 19.2 Å². The summed E-state index contributed by atoms with van der Waals surface area (Å²) >= 11 is 0. The minimum absolute atomic E-state index is 0.00645. The molecule has 2 N–H and O–H groups in total. The largest absolute Gasteiger partial charge is 0.462 e. The number of ether oxygens (including phenoxy) is 2. The quantitative estimate of drug-likeness (QED) is 0.356. The lowest BCUT2D eigenvalue weighted by atomic mass is 9.75. The van der Waals surface area contributed by atoms with Crippen LogP contribution in [0.5, 0.6) is 0 Å². The van der Waals surface area contributed by atoms with Crippen LogP contribution >= 0.6 is 0 Å². The Hall–Kier alpha value is -3.46. The summed E-state index contributed by atoms with van der Waals surface area (Å²) in [5.41, 5.74) is 10.4. The fraction of sp³-hybridized carbons (Fsp3) is 0.548. The third-order valence-corrected chi connectivity index (χ3v) is 7.59. The standard InChI is InChI=1S/C31H41N3O6/c1-18-16-33(25-14-31(3,4)15-26(36)29(18)25)22-8-9-24(30(32)38)20(11-22)10-21-12-27(21)40-28(37)13-23(39-19(2)35)17-34(5,6)7/h8-9,11,16,21,23,27H,10,12-15,17H2,1-7H3,(H-,32,38)/p+1. The number of primary amides is 1. The minimum Gasteiger partial charge on any atom is -0.462 e. The number of carbonyl (C=O) groups excluding carboxylic acids is 4. The van der Waals surface area contributed by atoms with Gasteiger partial charge in [0.15, 0.2) is 11.9 Å². The SMILES string of the molecule is CC(=O)OC(CC(=O)OC1CC1Cc1cc(-n2cc(C)c3c2CC(C)(C)CC3=O)ccc1C(N)=O)C[N+](C)(C)C. The predicted octanol–water partition coefficient (Wildman–Crippen LogP) is 3.54. The van der Waals surface area contributed by atoms with Crippen LogP contribution in [0.3, 0.4) is 0 Å². The highest BCUT2D eigenvalue weighted by molar-refractivity contribution is 6.00. The highest BCUT2D eigenvalue weighted by Gasteiger charge is 2.42. The van der Waals surface area contributed by atoms with E-state index in [2.05, 4.69) is 18.4 Å². The molecule has 3 unspecified atom stereocenters. The number of amides is 1. The van der Waals surface area contributed by atoms with Gasteiger partial charge in [-0.15, -0.1) is 0 Å². The van der Waals surface area contributed by atoms with Crippen LogP contribution in [0.25, 0.3) is 5.69 Å². The molecule has 1 fully saturated rings. The summed E-state index contributed by atoms with van der Waals surface area (Å²) in [5.74, 6) is -1.12. The Morgan fingerprint density at radius 2 is 1.88 bits per heavy atom. The normalized spacial score (nSPS) is 20.4. The number of hydrogen-bond donors (Lipinski definition) is 1. The number of hydrogen-bond acceptors (Lipinski definition) is 6. The van der Waals surface area contributed by atoms with Crippen molar-refractivity contribution in [2.24, 2.45) is 17.1 Å². The summed E-state index contributed by atoms with van der Waals surface area (Å²) in [6.07, 6.45) is 3.67. The Balaban J connectivity index is 1.49. The number of ketones is 1. The minimum atomic E-state index is -0.562. The van der Waals surface area contributed by atoms with Gasteiger partial charge < -0.3 is 24.3 Å². The first kappa shape index (κ1) is 29.5. The fourth-order valence-electron chi connectivity index (χ4n) is 5.90. The van der Waals surface area contributed by atoms with Gasteiger partial charge in [0.1, 0.15) is 12.6 Å². The number of benzene rings is 1. The first-order valence-electron chi connectivity index (χ1n) is 13.9. The Kier molecular flexibility index (Phi) is 8.00. The number of nitrogens with zero attached hydrogens (tertiary/aromatic N) is 2. The molecule has 1 amide bonds. The highest BCUT2D eigenvalue weighted by atomic mass is 16.6. The number of carbonyl (C=O) groups is 4. The van der Waals surface area contributed by atoms with Gasteiger partial charge in [-0.05, 0) is 60.9 Å². The third kappa shape index (κ3) is 6.99. The molecule has 0 spiro atoms. The number of Topliss-reactive ketones (excluding diaryl/α,β-unsaturated/α-hetero) is 1. The zero-order chi connectivity index (χ0) is 29.6. The Morgan fingerprint density at radius 1 is 1.18 bits per heavy atom. The van der Waals surface area contributed by atoms with E-state index in [4.69, 9.17) is 15.2 Å². The molecule has 9 nitrogen and oxygen atoms in total. The number of esters is 2. The monoisotopic (exact) mass is 552 g/mol. The summed E-state index contributed by atoms with van der Waals surface area (Å²) in [4.78, 5) is 49.4. The number of rotatable bonds is 10. The Morgan fingerprint density at radius 3 is 2.50 bits per heavy atom. The van der Waals surface area contributed by atoms with Crippen LogP contribution in [0.15, 0.2) is 24.4 Å². The molecule has 4 rings (SSSR count). The molecule has 1 aromatic carbocycles. The van der Waals surface area contributed by atoms with Crippen LogP contribution < -0.4 is 5.73 Å². The van der Waals surface area contributed by atoms with E-state index in [-0.39, 0.29) is 29.6 Å². The fourth-order valence-corrected chi connectivity index (χ4v) is 5.90. The van der Waals surface area contributed by atoms with Gasteiger partial charge in [0.25, 0.3) is 0 Å². The second-order valence-corrected chi connectivity index (χ2v) is 13.3. The maximum atomic E-state index is 12.9. The lowest BCUT2D eigenvalue weighted by Crippen LogP contribution is -2.43. The van der Waals surface area contributed by atoms with Crippen molar-refractivity contribution in [2.75, 3.05) is 27.7 Å². The molecule has 3 atom stereocenters. The number of aryl methyl sites for hydroxylation is 1. The molecule has 0 bridgehead atoms. The maximum Gasteiger partial charge on any atom is 0.310 e. The molecule has 216 valence electrons. The zero-order valence-corrected chi connectivity index (χ0v) is 24.7. The van der Waals surface area contributed by atoms with E-state index < -0.39 is 23.9 Å². The van der Waals surface area contributed by atoms with Crippen molar-refractivity contribution in [2.45, 2.75) is 72.0 Å². The van der Waals surface area contributed by atoms with Gasteiger partial charge in [0.2, 0.25) is 5.91 Å². The van der Waals surface area contributed by atoms with E-state index in [1.807, 2.05) is 46.4 Å². The van der Waals surface area contributed by atoms with Gasteiger partial charge in [0.05, 0.1) is 27.6 Å². The zero-order valence-electron chi connectivity index (χ0n) is 24.7. The number of nitrogens with two attached hydrogens (primary N) is 1. The second-order valence-electron chi connectivity index (χ2n) is 13.3. The topological polar surface area (TPSA) is 118 Å². The van der Waals surface area contributed by atoms with Crippen molar-refractivity contribution in [3.63, 3.8) is 0 Å². The van der Waals surface area contributed by atoms with Gasteiger partial charge in [-0.2, -0.15) is 0 Å². The van der Waals surface area contributed by atoms with Crippen molar-refractivity contribution >= 4 is 23.6 Å². The van der Waals surface area contributed by atoms with E-state index in [0.29, 0.717) is 35.9 Å². The summed E-state index contributed by atoms with van der Waals surface area (Å²) in [6.45, 7) is 7.99. The highest BCUT2D eigenvalue weighted by Crippen LogP contribution is 2.40. The van der Waals surface area contributed by atoms with E-state index in [1.165, 1.54) is 6.92 Å². The van der Waals surface area contributed by atoms with Crippen LogP contribution in [0.4, 0.5) is 0 Å². The molecule has 40 heavy (non-hydrogen) atoms. The van der Waals surface area contributed by atoms with E-state index in [1.54, 1.807) is 6.07 Å². The van der Waals surface area contributed by atoms with Crippen LogP contribution in [0, 0.1) is 18.3 Å². The molecule has 0 saturated heterocycles. The molecule has 1 aromatic heterocycles. The molecule has 2 aliphatic carbocycles. The van der Waals surface area contributed by atoms with Crippen LogP contribution in [-0.4, -0.2) is 72.6 Å². The van der Waals surface area contributed by atoms with Gasteiger partial charge in [-0.25, -0.2) is 0 Å². The van der Waals surface area contributed by atoms with E-state index in [0.717, 1.165) is 34.5 Å². The van der Waals surface area contributed by atoms with Crippen molar-refractivity contribution in [1.82, 2.24) is 4.57 Å². The second kappa shape index (κ2) is 10.8. The van der Waals surface area contributed by atoms with Gasteiger partial charge in [0, 0.05) is 48.0 Å².